The number of aryl methyl sites for hydroxylation is 2. The number of hydrogen-bond acceptors (Lipinski definition) is 4. The third-order valence-electron chi connectivity index (χ3n) is 3.43. The Hall–Kier alpha value is -2.38. The van der Waals surface area contributed by atoms with E-state index in [4.69, 9.17) is 10.5 Å². The fourth-order valence-corrected chi connectivity index (χ4v) is 2.37. The van der Waals surface area contributed by atoms with Crippen molar-refractivity contribution in [3.63, 3.8) is 0 Å². The molecule has 2 aromatic carbocycles. The van der Waals surface area contributed by atoms with Crippen molar-refractivity contribution in [2.75, 3.05) is 18.5 Å². The van der Waals surface area contributed by atoms with E-state index in [-0.39, 0.29) is 24.1 Å². The van der Waals surface area contributed by atoms with Gasteiger partial charge in [0.25, 0.3) is 5.91 Å². The molecule has 0 radical (unpaired) electrons. The van der Waals surface area contributed by atoms with Crippen molar-refractivity contribution in [3.8, 4) is 11.5 Å². The number of anilines is 1. The lowest BCUT2D eigenvalue weighted by Crippen LogP contribution is -2.13. The summed E-state index contributed by atoms with van der Waals surface area (Å²) >= 11 is 0. The van der Waals surface area contributed by atoms with Gasteiger partial charge in [-0.05, 0) is 61.4 Å². The van der Waals surface area contributed by atoms with Crippen LogP contribution in [-0.2, 0) is 0 Å². The molecular formula is C18H21ClF2N2O3. The van der Waals surface area contributed by atoms with E-state index in [9.17, 15) is 13.6 Å². The number of hydrogen-bond donors (Lipinski definition) is 2. The summed E-state index contributed by atoms with van der Waals surface area (Å²) in [6, 6.07) is 9.88. The van der Waals surface area contributed by atoms with E-state index in [1.54, 1.807) is 38.1 Å². The average molecular weight is 387 g/mol. The van der Waals surface area contributed by atoms with Gasteiger partial charge in [0.15, 0.2) is 0 Å². The Balaban J connectivity index is 0.00000338. The molecule has 1 amide bonds. The van der Waals surface area contributed by atoms with Crippen LogP contribution in [-0.4, -0.2) is 25.7 Å². The lowest BCUT2D eigenvalue weighted by atomic mass is 10.0. The Morgan fingerprint density at radius 3 is 2.23 bits per heavy atom. The maximum Gasteiger partial charge on any atom is 0.387 e. The zero-order chi connectivity index (χ0) is 18.4. The lowest BCUT2D eigenvalue weighted by Gasteiger charge is -2.13. The Kier molecular flexibility index (Phi) is 8.28. The van der Waals surface area contributed by atoms with Crippen molar-refractivity contribution < 1.29 is 23.0 Å². The van der Waals surface area contributed by atoms with Gasteiger partial charge in [-0.1, -0.05) is 0 Å². The van der Waals surface area contributed by atoms with E-state index in [1.807, 2.05) is 0 Å². The molecule has 0 unspecified atom stereocenters. The number of nitrogens with two attached hydrogens (primary N) is 1. The minimum atomic E-state index is -2.91. The van der Waals surface area contributed by atoms with Crippen LogP contribution in [0.3, 0.4) is 0 Å². The molecule has 0 atom stereocenters. The van der Waals surface area contributed by atoms with E-state index in [2.05, 4.69) is 10.1 Å². The number of amides is 1. The van der Waals surface area contributed by atoms with Crippen LogP contribution in [0.1, 0.15) is 21.5 Å². The molecule has 0 heterocycles. The van der Waals surface area contributed by atoms with E-state index in [0.717, 1.165) is 0 Å². The second-order valence-corrected chi connectivity index (χ2v) is 5.43. The van der Waals surface area contributed by atoms with Crippen LogP contribution in [0.5, 0.6) is 11.5 Å². The van der Waals surface area contributed by atoms with Crippen LogP contribution in [0.15, 0.2) is 36.4 Å². The van der Waals surface area contributed by atoms with Gasteiger partial charge in [-0.3, -0.25) is 4.79 Å². The van der Waals surface area contributed by atoms with Crippen LogP contribution < -0.4 is 20.5 Å². The number of benzene rings is 2. The molecule has 142 valence electrons. The molecule has 0 spiro atoms. The standard InChI is InChI=1S/C18H20F2N2O3.ClH/c1-11-9-13(10-12(2)16(11)25-18(19)20)17(23)22-14-3-5-15(6-4-14)24-8-7-21;/h3-6,9-10,18H,7-8,21H2,1-2H3,(H,22,23);1H. The van der Waals surface area contributed by atoms with Gasteiger partial charge in [0.2, 0.25) is 0 Å². The van der Waals surface area contributed by atoms with Crippen LogP contribution in [0.4, 0.5) is 14.5 Å². The third kappa shape index (κ3) is 5.86. The molecule has 0 aromatic heterocycles. The van der Waals surface area contributed by atoms with E-state index < -0.39 is 6.61 Å². The second-order valence-electron chi connectivity index (χ2n) is 5.43. The van der Waals surface area contributed by atoms with Gasteiger partial charge < -0.3 is 20.5 Å². The Labute approximate surface area is 156 Å². The molecule has 0 aliphatic rings. The van der Waals surface area contributed by atoms with Gasteiger partial charge in [-0.15, -0.1) is 12.4 Å². The predicted molar refractivity (Wildman–Crippen MR) is 98.7 cm³/mol. The quantitative estimate of drug-likeness (QED) is 0.756. The highest BCUT2D eigenvalue weighted by Gasteiger charge is 2.15. The molecule has 26 heavy (non-hydrogen) atoms. The van der Waals surface area contributed by atoms with Gasteiger partial charge in [0.05, 0.1) is 0 Å². The van der Waals surface area contributed by atoms with Crippen LogP contribution in [0.2, 0.25) is 0 Å². The highest BCUT2D eigenvalue weighted by molar-refractivity contribution is 6.04. The van der Waals surface area contributed by atoms with Gasteiger partial charge in [0.1, 0.15) is 18.1 Å². The molecule has 2 aromatic rings. The van der Waals surface area contributed by atoms with Crippen molar-refractivity contribution in [1.29, 1.82) is 0 Å². The first kappa shape index (κ1) is 21.7. The highest BCUT2D eigenvalue weighted by Crippen LogP contribution is 2.27. The summed E-state index contributed by atoms with van der Waals surface area (Å²) in [5.41, 5.74) is 7.25. The number of halogens is 3. The molecule has 2 rings (SSSR count). The third-order valence-corrected chi connectivity index (χ3v) is 3.43. The molecule has 0 aliphatic carbocycles. The Morgan fingerprint density at radius 1 is 1.15 bits per heavy atom. The fourth-order valence-electron chi connectivity index (χ4n) is 2.37. The van der Waals surface area contributed by atoms with Crippen molar-refractivity contribution >= 4 is 24.0 Å². The Morgan fingerprint density at radius 2 is 1.73 bits per heavy atom. The number of nitrogens with one attached hydrogen (secondary N) is 1. The smallest absolute Gasteiger partial charge is 0.387 e. The second kappa shape index (κ2) is 9.94. The SMILES string of the molecule is Cc1cc(C(=O)Nc2ccc(OCCN)cc2)cc(C)c1OC(F)F.Cl. The van der Waals surface area contributed by atoms with Gasteiger partial charge in [0, 0.05) is 17.8 Å². The maximum absolute atomic E-state index is 12.4. The van der Waals surface area contributed by atoms with E-state index in [1.165, 1.54) is 12.1 Å². The number of ether oxygens (including phenoxy) is 2. The minimum Gasteiger partial charge on any atom is -0.492 e. The van der Waals surface area contributed by atoms with E-state index >= 15 is 0 Å². The predicted octanol–water partition coefficient (Wildman–Crippen LogP) is 3.92. The monoisotopic (exact) mass is 386 g/mol. The molecule has 0 fully saturated rings. The number of carbonyl (C=O) groups is 1. The molecule has 5 nitrogen and oxygen atoms in total. The van der Waals surface area contributed by atoms with Crippen molar-refractivity contribution in [2.24, 2.45) is 5.73 Å². The lowest BCUT2D eigenvalue weighted by molar-refractivity contribution is -0.0507. The molecule has 8 heteroatoms. The summed E-state index contributed by atoms with van der Waals surface area (Å²) in [6.07, 6.45) is 0. The molecule has 0 aliphatic heterocycles. The minimum absolute atomic E-state index is 0. The van der Waals surface area contributed by atoms with Crippen LogP contribution in [0.25, 0.3) is 0 Å². The zero-order valence-corrected chi connectivity index (χ0v) is 15.2. The first-order valence-electron chi connectivity index (χ1n) is 7.71. The fraction of sp³-hybridized carbons (Fsp3) is 0.278. The number of carbonyl (C=O) groups excluding carboxylic acids is 1. The average Bonchev–Trinajstić information content (AvgIpc) is 2.57. The zero-order valence-electron chi connectivity index (χ0n) is 14.4. The summed E-state index contributed by atoms with van der Waals surface area (Å²) < 4.78 is 34.7. The largest absolute Gasteiger partial charge is 0.492 e. The first-order valence-corrected chi connectivity index (χ1v) is 7.71. The number of alkyl halides is 2. The molecule has 0 bridgehead atoms. The maximum atomic E-state index is 12.4. The van der Waals surface area contributed by atoms with Crippen LogP contribution in [0, 0.1) is 13.8 Å². The Bertz CT molecular complexity index is 717. The van der Waals surface area contributed by atoms with Crippen molar-refractivity contribution in [2.45, 2.75) is 20.5 Å². The normalized spacial score (nSPS) is 10.2. The molecule has 0 saturated heterocycles. The summed E-state index contributed by atoms with van der Waals surface area (Å²) in [5.74, 6) is 0.405. The van der Waals surface area contributed by atoms with Gasteiger partial charge in [-0.25, -0.2) is 0 Å². The summed E-state index contributed by atoms with van der Waals surface area (Å²) in [4.78, 5) is 12.4. The van der Waals surface area contributed by atoms with Crippen molar-refractivity contribution in [3.05, 3.63) is 53.1 Å². The molecule has 3 N–H and O–H groups in total. The van der Waals surface area contributed by atoms with Gasteiger partial charge in [-0.2, -0.15) is 8.78 Å². The number of rotatable bonds is 7. The molecular weight excluding hydrogens is 366 g/mol. The highest BCUT2D eigenvalue weighted by atomic mass is 35.5. The van der Waals surface area contributed by atoms with Crippen molar-refractivity contribution in [1.82, 2.24) is 0 Å². The van der Waals surface area contributed by atoms with Gasteiger partial charge >= 0.3 is 6.61 Å². The molecule has 0 saturated carbocycles. The van der Waals surface area contributed by atoms with Crippen LogP contribution >= 0.6 is 12.4 Å². The first-order chi connectivity index (χ1) is 11.9. The summed E-state index contributed by atoms with van der Waals surface area (Å²) in [5, 5.41) is 2.75. The van der Waals surface area contributed by atoms with E-state index in [0.29, 0.717) is 41.3 Å². The topological polar surface area (TPSA) is 73.6 Å². The summed E-state index contributed by atoms with van der Waals surface area (Å²) in [6.45, 7) is 1.16. The summed E-state index contributed by atoms with van der Waals surface area (Å²) in [7, 11) is 0.